The molecule has 0 unspecified atom stereocenters. The minimum atomic E-state index is -0.282. The summed E-state index contributed by atoms with van der Waals surface area (Å²) >= 11 is 0. The Bertz CT molecular complexity index is 1270. The van der Waals surface area contributed by atoms with Gasteiger partial charge in [-0.15, -0.1) is 0 Å². The van der Waals surface area contributed by atoms with Crippen molar-refractivity contribution in [3.63, 3.8) is 0 Å². The average molecular weight is 449 g/mol. The number of ether oxygens (including phenoxy) is 1. The number of aliphatic hydroxyl groups is 2. The van der Waals surface area contributed by atoms with E-state index in [-0.39, 0.29) is 31.0 Å². The number of ketones is 1. The number of morpholine rings is 1. The van der Waals surface area contributed by atoms with E-state index in [0.29, 0.717) is 39.7 Å². The molecule has 0 spiro atoms. The Kier molecular flexibility index (Phi) is 6.12. The molecule has 0 amide bonds. The van der Waals surface area contributed by atoms with Crippen molar-refractivity contribution in [2.24, 2.45) is 0 Å². The first-order valence-electron chi connectivity index (χ1n) is 11.5. The Morgan fingerprint density at radius 2 is 1.61 bits per heavy atom. The van der Waals surface area contributed by atoms with E-state index in [1.807, 2.05) is 24.3 Å². The molecule has 1 saturated heterocycles. The first kappa shape index (κ1) is 22.0. The molecular formula is C26H28N2O5. The minimum absolute atomic E-state index is 0.0312. The summed E-state index contributed by atoms with van der Waals surface area (Å²) in [4.78, 5) is 29.4. The Labute approximate surface area is 191 Å². The van der Waals surface area contributed by atoms with Gasteiger partial charge in [-0.05, 0) is 35.2 Å². The number of aliphatic hydroxyl groups excluding tert-OH is 2. The highest BCUT2D eigenvalue weighted by Gasteiger charge is 2.29. The molecule has 0 bridgehead atoms. The van der Waals surface area contributed by atoms with Crippen molar-refractivity contribution in [3.8, 4) is 11.3 Å². The van der Waals surface area contributed by atoms with Gasteiger partial charge in [0.1, 0.15) is 0 Å². The lowest BCUT2D eigenvalue weighted by Crippen LogP contribution is -2.37. The second-order valence-corrected chi connectivity index (χ2v) is 8.73. The predicted octanol–water partition coefficient (Wildman–Crippen LogP) is 2.11. The summed E-state index contributed by atoms with van der Waals surface area (Å²) in [5.74, 6) is -0.0312. The van der Waals surface area contributed by atoms with Crippen molar-refractivity contribution in [2.45, 2.75) is 32.6 Å². The standard InChI is InChI=1S/C26H28N2O5/c29-15-18-12-21-22(13-19(18)16-30)26(32)28(7-3-6-27-8-10-33-11-9-27)25-20-5-2-1-4-17(20)14-23(31)24(21)25/h1-2,4-5,12-13,29-30H,3,6-11,14-16H2. The van der Waals surface area contributed by atoms with Gasteiger partial charge in [-0.1, -0.05) is 24.3 Å². The van der Waals surface area contributed by atoms with Crippen LogP contribution in [0.2, 0.25) is 0 Å². The molecule has 2 heterocycles. The van der Waals surface area contributed by atoms with Crippen LogP contribution in [0.15, 0.2) is 41.2 Å². The van der Waals surface area contributed by atoms with E-state index >= 15 is 0 Å². The number of Topliss-reactive ketones (excluding diaryl/α,β-unsaturated/α-hetero) is 1. The molecule has 1 aliphatic carbocycles. The third kappa shape index (κ3) is 3.91. The van der Waals surface area contributed by atoms with E-state index in [1.54, 1.807) is 16.7 Å². The molecule has 5 rings (SSSR count). The third-order valence-corrected chi connectivity index (χ3v) is 6.79. The van der Waals surface area contributed by atoms with Crippen LogP contribution in [0.1, 0.15) is 33.5 Å². The number of aromatic nitrogens is 1. The summed E-state index contributed by atoms with van der Waals surface area (Å²) in [5, 5.41) is 20.5. The molecule has 172 valence electrons. The molecule has 2 aliphatic rings. The number of hydrogen-bond donors (Lipinski definition) is 2. The average Bonchev–Trinajstić information content (AvgIpc) is 2.85. The number of benzene rings is 2. The van der Waals surface area contributed by atoms with Crippen molar-refractivity contribution in [1.82, 2.24) is 9.47 Å². The van der Waals surface area contributed by atoms with E-state index in [9.17, 15) is 19.8 Å². The van der Waals surface area contributed by atoms with E-state index in [2.05, 4.69) is 4.90 Å². The van der Waals surface area contributed by atoms with Gasteiger partial charge in [0.05, 0.1) is 37.7 Å². The zero-order valence-electron chi connectivity index (χ0n) is 18.5. The zero-order chi connectivity index (χ0) is 22.9. The van der Waals surface area contributed by atoms with E-state index < -0.39 is 0 Å². The molecule has 2 N–H and O–H groups in total. The second-order valence-electron chi connectivity index (χ2n) is 8.73. The number of nitrogens with zero attached hydrogens (tertiary/aromatic N) is 2. The highest BCUT2D eigenvalue weighted by atomic mass is 16.5. The molecule has 1 aliphatic heterocycles. The molecule has 7 nitrogen and oxygen atoms in total. The van der Waals surface area contributed by atoms with E-state index in [4.69, 9.17) is 4.74 Å². The van der Waals surface area contributed by atoms with Gasteiger partial charge in [0, 0.05) is 48.9 Å². The number of carbonyl (C=O) groups excluding carboxylic acids is 1. The number of rotatable bonds is 6. The smallest absolute Gasteiger partial charge is 0.258 e. The normalized spacial score (nSPS) is 16.1. The van der Waals surface area contributed by atoms with Crippen LogP contribution < -0.4 is 5.56 Å². The van der Waals surface area contributed by atoms with Crippen LogP contribution in [0, 0.1) is 0 Å². The molecule has 33 heavy (non-hydrogen) atoms. The Morgan fingerprint density at radius 1 is 0.909 bits per heavy atom. The van der Waals surface area contributed by atoms with Crippen molar-refractivity contribution in [2.75, 3.05) is 32.8 Å². The van der Waals surface area contributed by atoms with Crippen LogP contribution >= 0.6 is 0 Å². The topological polar surface area (TPSA) is 92.0 Å². The first-order chi connectivity index (χ1) is 16.1. The highest BCUT2D eigenvalue weighted by molar-refractivity contribution is 6.15. The maximum Gasteiger partial charge on any atom is 0.258 e. The number of carbonyl (C=O) groups is 1. The Balaban J connectivity index is 1.69. The van der Waals surface area contributed by atoms with Gasteiger partial charge >= 0.3 is 0 Å². The molecule has 0 atom stereocenters. The highest BCUT2D eigenvalue weighted by Crippen LogP contribution is 2.37. The van der Waals surface area contributed by atoms with E-state index in [0.717, 1.165) is 50.4 Å². The van der Waals surface area contributed by atoms with Crippen LogP contribution in [0.4, 0.5) is 0 Å². The predicted molar refractivity (Wildman–Crippen MR) is 125 cm³/mol. The van der Waals surface area contributed by atoms with Gasteiger partial charge in [0.25, 0.3) is 5.56 Å². The van der Waals surface area contributed by atoms with Gasteiger partial charge in [0.2, 0.25) is 0 Å². The summed E-state index contributed by atoms with van der Waals surface area (Å²) in [6, 6.07) is 11.1. The lowest BCUT2D eigenvalue weighted by molar-refractivity contribution is 0.0369. The van der Waals surface area contributed by atoms with Crippen molar-refractivity contribution < 1.29 is 19.7 Å². The largest absolute Gasteiger partial charge is 0.392 e. The number of fused-ring (bicyclic) bond motifs is 5. The minimum Gasteiger partial charge on any atom is -0.392 e. The van der Waals surface area contributed by atoms with E-state index in [1.165, 1.54) is 0 Å². The van der Waals surface area contributed by atoms with Gasteiger partial charge in [-0.2, -0.15) is 0 Å². The monoisotopic (exact) mass is 448 g/mol. The summed E-state index contributed by atoms with van der Waals surface area (Å²) < 4.78 is 7.17. The maximum atomic E-state index is 13.7. The summed E-state index contributed by atoms with van der Waals surface area (Å²) in [6.07, 6.45) is 1.05. The Morgan fingerprint density at radius 3 is 2.33 bits per heavy atom. The third-order valence-electron chi connectivity index (χ3n) is 6.79. The quantitative estimate of drug-likeness (QED) is 0.600. The first-order valence-corrected chi connectivity index (χ1v) is 11.5. The fourth-order valence-electron chi connectivity index (χ4n) is 5.10. The van der Waals surface area contributed by atoms with Gasteiger partial charge in [-0.3, -0.25) is 14.5 Å². The van der Waals surface area contributed by atoms with Gasteiger partial charge in [0.15, 0.2) is 5.78 Å². The summed E-state index contributed by atoms with van der Waals surface area (Å²) in [5.41, 5.74) is 3.90. The zero-order valence-corrected chi connectivity index (χ0v) is 18.5. The van der Waals surface area contributed by atoms with Crippen LogP contribution in [-0.2, 0) is 30.9 Å². The van der Waals surface area contributed by atoms with Crippen LogP contribution in [0.25, 0.3) is 22.0 Å². The summed E-state index contributed by atoms with van der Waals surface area (Å²) in [6.45, 7) is 4.01. The fourth-order valence-corrected chi connectivity index (χ4v) is 5.10. The molecule has 1 fully saturated rings. The molecule has 2 aromatic carbocycles. The second kappa shape index (κ2) is 9.19. The molecule has 1 aromatic heterocycles. The molecular weight excluding hydrogens is 420 g/mol. The molecule has 3 aromatic rings. The summed E-state index contributed by atoms with van der Waals surface area (Å²) in [7, 11) is 0. The molecule has 0 radical (unpaired) electrons. The van der Waals surface area contributed by atoms with Crippen molar-refractivity contribution >= 4 is 16.6 Å². The van der Waals surface area contributed by atoms with Gasteiger partial charge < -0.3 is 19.5 Å². The molecule has 7 heteroatoms. The van der Waals surface area contributed by atoms with Crippen molar-refractivity contribution in [1.29, 1.82) is 0 Å². The Hall–Kier alpha value is -2.84. The molecule has 0 saturated carbocycles. The van der Waals surface area contributed by atoms with Crippen LogP contribution in [0.5, 0.6) is 0 Å². The number of pyridine rings is 1. The maximum absolute atomic E-state index is 13.7. The van der Waals surface area contributed by atoms with Gasteiger partial charge in [-0.25, -0.2) is 0 Å². The number of hydrogen-bond acceptors (Lipinski definition) is 6. The van der Waals surface area contributed by atoms with Crippen LogP contribution in [0.3, 0.4) is 0 Å². The lowest BCUT2D eigenvalue weighted by atomic mass is 9.84. The van der Waals surface area contributed by atoms with Crippen molar-refractivity contribution in [3.05, 3.63) is 69.0 Å². The fraction of sp³-hybridized carbons (Fsp3) is 0.385. The lowest BCUT2D eigenvalue weighted by Gasteiger charge is -2.28. The SMILES string of the molecule is O=C1Cc2ccccc2-c2c1c1cc(CO)c(CO)cc1c(=O)n2CCCN1CCOCC1. The van der Waals surface area contributed by atoms with Crippen LogP contribution in [-0.4, -0.2) is 58.3 Å².